The normalized spacial score (nSPS) is 10.8. The highest BCUT2D eigenvalue weighted by Crippen LogP contribution is 2.22. The van der Waals surface area contributed by atoms with Crippen LogP contribution in [0.1, 0.15) is 0 Å². The van der Waals surface area contributed by atoms with Gasteiger partial charge in [0.1, 0.15) is 5.75 Å². The summed E-state index contributed by atoms with van der Waals surface area (Å²) in [5.74, 6) is 0.601. The number of nitrogens with one attached hydrogen (secondary N) is 1. The Balaban J connectivity index is 2.43. The number of rotatable bonds is 2. The van der Waals surface area contributed by atoms with E-state index in [1.807, 2.05) is 36.4 Å². The smallest absolute Gasteiger partial charge is 0.266 e. The number of halogens is 1. The van der Waals surface area contributed by atoms with Gasteiger partial charge in [-0.3, -0.25) is 4.79 Å². The SMILES string of the molecule is COc1ccccc1-n1c(=S)[nH]c2ccc(I)cc2c1=O. The van der Waals surface area contributed by atoms with Gasteiger partial charge in [-0.05, 0) is 65.1 Å². The van der Waals surface area contributed by atoms with E-state index < -0.39 is 0 Å². The molecule has 0 amide bonds. The minimum absolute atomic E-state index is 0.156. The monoisotopic (exact) mass is 410 g/mol. The predicted molar refractivity (Wildman–Crippen MR) is 94.0 cm³/mol. The van der Waals surface area contributed by atoms with Crippen LogP contribution in [0, 0.1) is 8.34 Å². The number of para-hydroxylation sites is 2. The van der Waals surface area contributed by atoms with Crippen molar-refractivity contribution in [2.24, 2.45) is 0 Å². The number of fused-ring (bicyclic) bond motifs is 1. The molecule has 1 N–H and O–H groups in total. The molecule has 0 atom stereocenters. The van der Waals surface area contributed by atoms with Crippen LogP contribution in [0.15, 0.2) is 47.3 Å². The second-order valence-corrected chi connectivity index (χ2v) is 6.06. The summed E-state index contributed by atoms with van der Waals surface area (Å²) < 4.78 is 8.13. The molecule has 0 saturated carbocycles. The summed E-state index contributed by atoms with van der Waals surface area (Å²) >= 11 is 7.52. The molecular formula is C15H11IN2O2S. The van der Waals surface area contributed by atoms with Crippen molar-refractivity contribution in [3.8, 4) is 11.4 Å². The maximum atomic E-state index is 12.8. The van der Waals surface area contributed by atoms with E-state index in [0.29, 0.717) is 21.6 Å². The van der Waals surface area contributed by atoms with Gasteiger partial charge < -0.3 is 9.72 Å². The van der Waals surface area contributed by atoms with Gasteiger partial charge in [-0.25, -0.2) is 4.57 Å². The molecule has 0 aliphatic rings. The lowest BCUT2D eigenvalue weighted by molar-refractivity contribution is 0.412. The van der Waals surface area contributed by atoms with Crippen LogP contribution in [-0.4, -0.2) is 16.7 Å². The molecule has 0 radical (unpaired) electrons. The van der Waals surface area contributed by atoms with E-state index >= 15 is 0 Å². The van der Waals surface area contributed by atoms with E-state index in [4.69, 9.17) is 17.0 Å². The fourth-order valence-corrected chi connectivity index (χ4v) is 3.00. The molecule has 21 heavy (non-hydrogen) atoms. The zero-order chi connectivity index (χ0) is 15.0. The number of hydrogen-bond donors (Lipinski definition) is 1. The molecule has 0 unspecified atom stereocenters. The number of benzene rings is 2. The van der Waals surface area contributed by atoms with Crippen molar-refractivity contribution in [1.82, 2.24) is 9.55 Å². The summed E-state index contributed by atoms with van der Waals surface area (Å²) in [5.41, 5.74) is 1.21. The summed E-state index contributed by atoms with van der Waals surface area (Å²) in [6.07, 6.45) is 0. The molecule has 0 aliphatic heterocycles. The number of methoxy groups -OCH3 is 1. The fourth-order valence-electron chi connectivity index (χ4n) is 2.22. The lowest BCUT2D eigenvalue weighted by atomic mass is 10.2. The van der Waals surface area contributed by atoms with Crippen LogP contribution >= 0.6 is 34.8 Å². The summed E-state index contributed by atoms with van der Waals surface area (Å²) in [7, 11) is 1.57. The zero-order valence-electron chi connectivity index (χ0n) is 11.1. The van der Waals surface area contributed by atoms with Crippen molar-refractivity contribution in [2.45, 2.75) is 0 Å². The Morgan fingerprint density at radius 2 is 2.00 bits per heavy atom. The Bertz CT molecular complexity index is 946. The number of hydrogen-bond acceptors (Lipinski definition) is 3. The van der Waals surface area contributed by atoms with Crippen LogP contribution in [-0.2, 0) is 0 Å². The van der Waals surface area contributed by atoms with Crippen LogP contribution < -0.4 is 10.3 Å². The van der Waals surface area contributed by atoms with Gasteiger partial charge >= 0.3 is 0 Å². The molecule has 1 aromatic heterocycles. The molecule has 2 aromatic carbocycles. The summed E-state index contributed by atoms with van der Waals surface area (Å²) in [6.45, 7) is 0. The highest BCUT2D eigenvalue weighted by atomic mass is 127. The average molecular weight is 410 g/mol. The molecular weight excluding hydrogens is 399 g/mol. The van der Waals surface area contributed by atoms with Crippen LogP contribution in [0.25, 0.3) is 16.6 Å². The van der Waals surface area contributed by atoms with Gasteiger partial charge in [-0.1, -0.05) is 12.1 Å². The molecule has 3 rings (SSSR count). The lowest BCUT2D eigenvalue weighted by Crippen LogP contribution is -2.21. The van der Waals surface area contributed by atoms with Crippen LogP contribution in [0.5, 0.6) is 5.75 Å². The Labute approximate surface area is 139 Å². The third-order valence-electron chi connectivity index (χ3n) is 3.19. The molecule has 3 aromatic rings. The first kappa shape index (κ1) is 14.3. The van der Waals surface area contributed by atoms with E-state index in [-0.39, 0.29) is 5.56 Å². The third kappa shape index (κ3) is 2.49. The quantitative estimate of drug-likeness (QED) is 0.518. The molecule has 0 spiro atoms. The zero-order valence-corrected chi connectivity index (χ0v) is 14.1. The molecule has 0 saturated heterocycles. The molecule has 6 heteroatoms. The molecule has 0 aliphatic carbocycles. The van der Waals surface area contributed by atoms with Crippen molar-refractivity contribution >= 4 is 45.7 Å². The topological polar surface area (TPSA) is 47.0 Å². The first-order chi connectivity index (χ1) is 10.1. The maximum Gasteiger partial charge on any atom is 0.266 e. The van der Waals surface area contributed by atoms with Crippen LogP contribution in [0.3, 0.4) is 0 Å². The largest absolute Gasteiger partial charge is 0.495 e. The van der Waals surface area contributed by atoms with E-state index in [1.54, 1.807) is 13.2 Å². The van der Waals surface area contributed by atoms with Crippen molar-refractivity contribution in [1.29, 1.82) is 0 Å². The number of H-pyrrole nitrogens is 1. The fraction of sp³-hybridized carbons (Fsp3) is 0.0667. The Morgan fingerprint density at radius 3 is 2.76 bits per heavy atom. The number of nitrogens with zero attached hydrogens (tertiary/aromatic N) is 1. The summed E-state index contributed by atoms with van der Waals surface area (Å²) in [6, 6.07) is 12.9. The Kier molecular flexibility index (Phi) is 3.81. The highest BCUT2D eigenvalue weighted by Gasteiger charge is 2.11. The van der Waals surface area contributed by atoms with Crippen molar-refractivity contribution in [3.63, 3.8) is 0 Å². The van der Waals surface area contributed by atoms with E-state index in [9.17, 15) is 4.79 Å². The van der Waals surface area contributed by atoms with Crippen molar-refractivity contribution in [2.75, 3.05) is 7.11 Å². The lowest BCUT2D eigenvalue weighted by Gasteiger charge is -2.12. The Hall–Kier alpha value is -1.67. The molecule has 4 nitrogen and oxygen atoms in total. The van der Waals surface area contributed by atoms with Gasteiger partial charge in [-0.15, -0.1) is 0 Å². The third-order valence-corrected chi connectivity index (χ3v) is 4.14. The van der Waals surface area contributed by atoms with Gasteiger partial charge in [0.25, 0.3) is 5.56 Å². The maximum absolute atomic E-state index is 12.8. The number of ether oxygens (including phenoxy) is 1. The van der Waals surface area contributed by atoms with Gasteiger partial charge in [-0.2, -0.15) is 0 Å². The van der Waals surface area contributed by atoms with E-state index in [1.165, 1.54) is 4.57 Å². The van der Waals surface area contributed by atoms with Crippen molar-refractivity contribution in [3.05, 3.63) is 61.2 Å². The van der Waals surface area contributed by atoms with Gasteiger partial charge in [0.05, 0.1) is 23.7 Å². The van der Waals surface area contributed by atoms with Gasteiger partial charge in [0, 0.05) is 3.57 Å². The minimum Gasteiger partial charge on any atom is -0.495 e. The minimum atomic E-state index is -0.156. The van der Waals surface area contributed by atoms with Crippen LogP contribution in [0.4, 0.5) is 0 Å². The first-order valence-corrected chi connectivity index (χ1v) is 7.68. The summed E-state index contributed by atoms with van der Waals surface area (Å²) in [5, 5.41) is 0.599. The highest BCUT2D eigenvalue weighted by molar-refractivity contribution is 14.1. The molecule has 106 valence electrons. The number of aromatic nitrogens is 2. The Morgan fingerprint density at radius 1 is 1.24 bits per heavy atom. The first-order valence-electron chi connectivity index (χ1n) is 6.20. The molecule has 0 bridgehead atoms. The molecule has 0 fully saturated rings. The molecule has 1 heterocycles. The average Bonchev–Trinajstić information content (AvgIpc) is 2.49. The second-order valence-electron chi connectivity index (χ2n) is 4.43. The second kappa shape index (κ2) is 5.61. The van der Waals surface area contributed by atoms with E-state index in [0.717, 1.165) is 9.09 Å². The van der Waals surface area contributed by atoms with E-state index in [2.05, 4.69) is 27.6 Å². The number of aromatic amines is 1. The van der Waals surface area contributed by atoms with Crippen LogP contribution in [0.2, 0.25) is 0 Å². The summed E-state index contributed by atoms with van der Waals surface area (Å²) in [4.78, 5) is 15.9. The standard InChI is InChI=1S/C15H11IN2O2S/c1-20-13-5-3-2-4-12(13)18-14(19)10-8-9(16)6-7-11(10)17-15(18)21/h2-8H,1H3,(H,17,21). The predicted octanol–water partition coefficient (Wildman–Crippen LogP) is 3.66. The van der Waals surface area contributed by atoms with Gasteiger partial charge in [0.15, 0.2) is 4.77 Å². The van der Waals surface area contributed by atoms with Crippen molar-refractivity contribution < 1.29 is 4.74 Å². The van der Waals surface area contributed by atoms with Gasteiger partial charge in [0.2, 0.25) is 0 Å².